The van der Waals surface area contributed by atoms with E-state index >= 15 is 0 Å². The summed E-state index contributed by atoms with van der Waals surface area (Å²) in [6.45, 7) is 1.18. The molecule has 2 aromatic rings. The van der Waals surface area contributed by atoms with Crippen LogP contribution in [0.1, 0.15) is 16.1 Å². The fourth-order valence-electron chi connectivity index (χ4n) is 2.77. The summed E-state index contributed by atoms with van der Waals surface area (Å²) in [4.78, 5) is 12.1. The molecule has 0 radical (unpaired) electrons. The Morgan fingerprint density at radius 1 is 1.41 bits per heavy atom. The largest absolute Gasteiger partial charge is 0.493 e. The Labute approximate surface area is 129 Å². The standard InChI is InChI=1S/C17H20N2O3/c1-19-8-4-6-14(19)17(20)18-10-12-9-13-5-3-7-15(21-2)16(13)22-11-12/h3-8,12H,9-11H2,1-2H3,(H,18,20)/t12-/m1/s1. The molecular weight excluding hydrogens is 280 g/mol. The van der Waals surface area contributed by atoms with Gasteiger partial charge < -0.3 is 19.4 Å². The Bertz CT molecular complexity index is 678. The molecular formula is C17H20N2O3. The van der Waals surface area contributed by atoms with Crippen LogP contribution >= 0.6 is 0 Å². The van der Waals surface area contributed by atoms with Crippen molar-refractivity contribution >= 4 is 5.91 Å². The number of amides is 1. The zero-order valence-corrected chi connectivity index (χ0v) is 12.8. The number of ether oxygens (including phenoxy) is 2. The number of para-hydroxylation sites is 1. The molecule has 0 spiro atoms. The van der Waals surface area contributed by atoms with Gasteiger partial charge in [0.15, 0.2) is 11.5 Å². The highest BCUT2D eigenvalue weighted by molar-refractivity contribution is 5.92. The third kappa shape index (κ3) is 2.79. The van der Waals surface area contributed by atoms with Crippen LogP contribution in [0.3, 0.4) is 0 Å². The molecule has 0 unspecified atom stereocenters. The average molecular weight is 300 g/mol. The molecule has 0 bridgehead atoms. The summed E-state index contributed by atoms with van der Waals surface area (Å²) in [6, 6.07) is 9.58. The first-order chi connectivity index (χ1) is 10.7. The zero-order valence-electron chi connectivity index (χ0n) is 12.8. The van der Waals surface area contributed by atoms with E-state index in [1.165, 1.54) is 0 Å². The molecule has 0 aliphatic carbocycles. The molecule has 0 saturated carbocycles. The predicted octanol–water partition coefficient (Wildman–Crippen LogP) is 2.01. The number of carbonyl (C=O) groups is 1. The topological polar surface area (TPSA) is 52.5 Å². The average Bonchev–Trinajstić information content (AvgIpc) is 2.97. The highest BCUT2D eigenvalue weighted by atomic mass is 16.5. The fraction of sp³-hybridized carbons (Fsp3) is 0.353. The molecule has 1 atom stereocenters. The third-order valence-corrected chi connectivity index (χ3v) is 3.98. The lowest BCUT2D eigenvalue weighted by Crippen LogP contribution is -2.35. The molecule has 0 saturated heterocycles. The lowest BCUT2D eigenvalue weighted by molar-refractivity contribution is 0.0930. The molecule has 1 aromatic carbocycles. The van der Waals surface area contributed by atoms with Crippen molar-refractivity contribution in [3.05, 3.63) is 47.8 Å². The highest BCUT2D eigenvalue weighted by Crippen LogP contribution is 2.35. The molecule has 1 aliphatic rings. The normalized spacial score (nSPS) is 16.5. The Morgan fingerprint density at radius 2 is 2.27 bits per heavy atom. The van der Waals surface area contributed by atoms with Crippen molar-refractivity contribution in [2.45, 2.75) is 6.42 Å². The summed E-state index contributed by atoms with van der Waals surface area (Å²) in [6.07, 6.45) is 2.74. The Balaban J connectivity index is 1.61. The lowest BCUT2D eigenvalue weighted by Gasteiger charge is -2.26. The van der Waals surface area contributed by atoms with Crippen LogP contribution in [0.15, 0.2) is 36.5 Å². The van der Waals surface area contributed by atoms with Crippen molar-refractivity contribution < 1.29 is 14.3 Å². The maximum Gasteiger partial charge on any atom is 0.267 e. The molecule has 1 N–H and O–H groups in total. The molecule has 1 amide bonds. The zero-order chi connectivity index (χ0) is 15.5. The minimum Gasteiger partial charge on any atom is -0.493 e. The van der Waals surface area contributed by atoms with E-state index in [2.05, 4.69) is 5.32 Å². The summed E-state index contributed by atoms with van der Waals surface area (Å²) >= 11 is 0. The number of carbonyl (C=O) groups excluding carboxylic acids is 1. The van der Waals surface area contributed by atoms with Gasteiger partial charge in [-0.2, -0.15) is 0 Å². The Kier molecular flexibility index (Phi) is 4.04. The number of fused-ring (bicyclic) bond motifs is 1. The fourth-order valence-corrected chi connectivity index (χ4v) is 2.77. The number of nitrogens with zero attached hydrogens (tertiary/aromatic N) is 1. The molecule has 0 fully saturated rings. The molecule has 3 rings (SSSR count). The molecule has 1 aliphatic heterocycles. The number of aromatic nitrogens is 1. The van der Waals surface area contributed by atoms with Crippen LogP contribution in [0, 0.1) is 5.92 Å². The van der Waals surface area contributed by atoms with Gasteiger partial charge in [0.25, 0.3) is 5.91 Å². The van der Waals surface area contributed by atoms with Gasteiger partial charge in [0.2, 0.25) is 0 Å². The lowest BCUT2D eigenvalue weighted by atomic mass is 9.96. The van der Waals surface area contributed by atoms with Gasteiger partial charge in [-0.25, -0.2) is 0 Å². The van der Waals surface area contributed by atoms with E-state index in [0.717, 1.165) is 23.5 Å². The maximum absolute atomic E-state index is 12.1. The van der Waals surface area contributed by atoms with Crippen molar-refractivity contribution in [2.75, 3.05) is 20.3 Å². The van der Waals surface area contributed by atoms with Crippen molar-refractivity contribution in [3.63, 3.8) is 0 Å². The number of rotatable bonds is 4. The van der Waals surface area contributed by atoms with E-state index in [1.54, 1.807) is 7.11 Å². The van der Waals surface area contributed by atoms with Crippen molar-refractivity contribution in [1.29, 1.82) is 0 Å². The number of nitrogens with one attached hydrogen (secondary N) is 1. The summed E-state index contributed by atoms with van der Waals surface area (Å²) < 4.78 is 12.9. The van der Waals surface area contributed by atoms with Gasteiger partial charge >= 0.3 is 0 Å². The van der Waals surface area contributed by atoms with Gasteiger partial charge in [-0.15, -0.1) is 0 Å². The number of methoxy groups -OCH3 is 1. The second kappa shape index (κ2) is 6.13. The van der Waals surface area contributed by atoms with E-state index in [1.807, 2.05) is 48.1 Å². The van der Waals surface area contributed by atoms with Gasteiger partial charge in [0.1, 0.15) is 5.69 Å². The van der Waals surface area contributed by atoms with Crippen LogP contribution in [0.25, 0.3) is 0 Å². The Morgan fingerprint density at radius 3 is 3.00 bits per heavy atom. The van der Waals surface area contributed by atoms with E-state index in [4.69, 9.17) is 9.47 Å². The van der Waals surface area contributed by atoms with Crippen molar-refractivity contribution in [3.8, 4) is 11.5 Å². The number of hydrogen-bond donors (Lipinski definition) is 1. The van der Waals surface area contributed by atoms with Crippen molar-refractivity contribution in [2.24, 2.45) is 13.0 Å². The van der Waals surface area contributed by atoms with Gasteiger partial charge in [0.05, 0.1) is 13.7 Å². The highest BCUT2D eigenvalue weighted by Gasteiger charge is 2.23. The van der Waals surface area contributed by atoms with E-state index < -0.39 is 0 Å². The van der Waals surface area contributed by atoms with Crippen molar-refractivity contribution in [1.82, 2.24) is 9.88 Å². The molecule has 22 heavy (non-hydrogen) atoms. The monoisotopic (exact) mass is 300 g/mol. The van der Waals surface area contributed by atoms with Crippen LogP contribution in [0.2, 0.25) is 0 Å². The number of hydrogen-bond acceptors (Lipinski definition) is 3. The number of aryl methyl sites for hydroxylation is 1. The van der Waals surface area contributed by atoms with Gasteiger partial charge in [-0.05, 0) is 30.2 Å². The first kappa shape index (κ1) is 14.5. The van der Waals surface area contributed by atoms with Crippen LogP contribution in [-0.4, -0.2) is 30.7 Å². The first-order valence-corrected chi connectivity index (χ1v) is 7.37. The van der Waals surface area contributed by atoms with Gasteiger partial charge in [0, 0.05) is 25.7 Å². The molecule has 116 valence electrons. The second-order valence-corrected chi connectivity index (χ2v) is 5.54. The quantitative estimate of drug-likeness (QED) is 0.940. The Hall–Kier alpha value is -2.43. The summed E-state index contributed by atoms with van der Waals surface area (Å²) in [5, 5.41) is 2.98. The van der Waals surface area contributed by atoms with E-state index in [9.17, 15) is 4.79 Å². The minimum absolute atomic E-state index is 0.0519. The SMILES string of the molecule is COc1cccc2c1OC[C@@H](CNC(=O)c1cccn1C)C2. The van der Waals surface area contributed by atoms with Crippen LogP contribution in [0.5, 0.6) is 11.5 Å². The predicted molar refractivity (Wildman–Crippen MR) is 83.4 cm³/mol. The van der Waals surface area contributed by atoms with Gasteiger partial charge in [-0.1, -0.05) is 12.1 Å². The summed E-state index contributed by atoms with van der Waals surface area (Å²) in [7, 11) is 3.51. The number of benzene rings is 1. The first-order valence-electron chi connectivity index (χ1n) is 7.37. The van der Waals surface area contributed by atoms with Crippen LogP contribution < -0.4 is 14.8 Å². The van der Waals surface area contributed by atoms with E-state index in [-0.39, 0.29) is 11.8 Å². The molecule has 2 heterocycles. The van der Waals surface area contributed by atoms with Gasteiger partial charge in [-0.3, -0.25) is 4.79 Å². The summed E-state index contributed by atoms with van der Waals surface area (Å²) in [5.74, 6) is 1.81. The smallest absolute Gasteiger partial charge is 0.267 e. The minimum atomic E-state index is -0.0519. The maximum atomic E-state index is 12.1. The molecule has 5 heteroatoms. The molecule has 1 aromatic heterocycles. The summed E-state index contributed by atoms with van der Waals surface area (Å²) in [5.41, 5.74) is 1.79. The molecule has 5 nitrogen and oxygen atoms in total. The van der Waals surface area contributed by atoms with Crippen LogP contribution in [-0.2, 0) is 13.5 Å². The second-order valence-electron chi connectivity index (χ2n) is 5.54. The third-order valence-electron chi connectivity index (χ3n) is 3.98. The van der Waals surface area contributed by atoms with E-state index in [0.29, 0.717) is 18.8 Å². The van der Waals surface area contributed by atoms with Crippen LogP contribution in [0.4, 0.5) is 0 Å².